The van der Waals surface area contributed by atoms with E-state index in [1.165, 1.54) is 46.8 Å². The van der Waals surface area contributed by atoms with Crippen molar-refractivity contribution in [3.05, 3.63) is 155 Å². The maximum absolute atomic E-state index is 13.1. The summed E-state index contributed by atoms with van der Waals surface area (Å²) in [6.45, 7) is 12.2. The summed E-state index contributed by atoms with van der Waals surface area (Å²) in [7, 11) is 0. The minimum atomic E-state index is -4.45. The van der Waals surface area contributed by atoms with Gasteiger partial charge in [0.05, 0.1) is 11.1 Å². The second kappa shape index (κ2) is 23.8. The van der Waals surface area contributed by atoms with Crippen LogP contribution in [-0.2, 0) is 35.0 Å². The molecule has 0 aliphatic carbocycles. The van der Waals surface area contributed by atoms with Gasteiger partial charge in [-0.05, 0) is 72.5 Å². The van der Waals surface area contributed by atoms with Crippen LogP contribution in [0.1, 0.15) is 33.4 Å². The topological polar surface area (TPSA) is 167 Å². The highest BCUT2D eigenvalue weighted by molar-refractivity contribution is 5.89. The van der Waals surface area contributed by atoms with Gasteiger partial charge in [0.2, 0.25) is 0 Å². The molecule has 0 spiro atoms. The molecule has 69 heavy (non-hydrogen) atoms. The summed E-state index contributed by atoms with van der Waals surface area (Å²) in [5, 5.41) is 20.3. The van der Waals surface area contributed by atoms with Gasteiger partial charge in [-0.2, -0.15) is 26.3 Å². The van der Waals surface area contributed by atoms with Crippen LogP contribution >= 0.6 is 0 Å². The third-order valence-electron chi connectivity index (χ3n) is 10.6. The van der Waals surface area contributed by atoms with Gasteiger partial charge < -0.3 is 5.11 Å². The molecule has 4 N–H and O–H groups in total. The van der Waals surface area contributed by atoms with Crippen LogP contribution < -0.4 is 11.3 Å². The Labute approximate surface area is 394 Å². The summed E-state index contributed by atoms with van der Waals surface area (Å²) < 4.78 is 79.9. The van der Waals surface area contributed by atoms with E-state index in [9.17, 15) is 35.9 Å². The number of nitrogens with two attached hydrogens (primary N) is 1. The number of halogens is 6. The smallest absolute Gasteiger partial charge is 0.416 e. The third kappa shape index (κ3) is 16.6. The maximum Gasteiger partial charge on any atom is 0.416 e. The van der Waals surface area contributed by atoms with E-state index in [2.05, 4.69) is 77.9 Å². The van der Waals surface area contributed by atoms with Crippen molar-refractivity contribution in [1.82, 2.24) is 54.8 Å². The molecule has 364 valence electrons. The molecule has 2 aromatic heterocycles. The first-order chi connectivity index (χ1) is 32.9. The van der Waals surface area contributed by atoms with Gasteiger partial charge in [-0.15, -0.1) is 10.2 Å². The number of carbonyl (C=O) groups excluding carboxylic acids is 1. The van der Waals surface area contributed by atoms with Crippen LogP contribution in [0.25, 0.3) is 35.2 Å². The number of rotatable bonds is 11. The fraction of sp³-hybridized carbons (Fsp3) is 0.292. The molecular weight excluding hydrogens is 907 g/mol. The van der Waals surface area contributed by atoms with Crippen LogP contribution in [-0.4, -0.2) is 119 Å². The molecule has 2 aliphatic heterocycles. The number of nitrogens with zero attached hydrogens (tertiary/aromatic N) is 10. The van der Waals surface area contributed by atoms with Crippen molar-refractivity contribution in [3.8, 4) is 22.8 Å². The number of hydrazine groups is 2. The number of aryl methyl sites for hydroxylation is 2. The van der Waals surface area contributed by atoms with E-state index < -0.39 is 29.4 Å². The predicted molar refractivity (Wildman–Crippen MR) is 248 cm³/mol. The lowest BCUT2D eigenvalue weighted by molar-refractivity contribution is -0.138. The number of carbonyl (C=O) groups is 2. The molecule has 2 saturated heterocycles. The van der Waals surface area contributed by atoms with E-state index in [1.54, 1.807) is 19.9 Å². The number of aliphatic carboxylic acids is 1. The van der Waals surface area contributed by atoms with Gasteiger partial charge in [0, 0.05) is 101 Å². The number of carboxylic acids is 1. The largest absolute Gasteiger partial charge is 0.478 e. The number of alkyl halides is 6. The molecule has 0 atom stereocenters. The summed E-state index contributed by atoms with van der Waals surface area (Å²) in [6.07, 6.45) is -1.64. The lowest BCUT2D eigenvalue weighted by atomic mass is 10.1. The van der Waals surface area contributed by atoms with Crippen molar-refractivity contribution in [1.29, 1.82) is 0 Å². The van der Waals surface area contributed by atoms with E-state index in [0.29, 0.717) is 24.2 Å². The molecule has 0 saturated carbocycles. The van der Waals surface area contributed by atoms with Gasteiger partial charge in [0.25, 0.3) is 5.91 Å². The number of amides is 1. The Kier molecular flexibility index (Phi) is 17.7. The zero-order chi connectivity index (χ0) is 49.6. The second-order valence-corrected chi connectivity index (χ2v) is 16.3. The van der Waals surface area contributed by atoms with Crippen LogP contribution in [0.3, 0.4) is 0 Å². The lowest BCUT2D eigenvalue weighted by Crippen LogP contribution is -2.52. The molecule has 2 fully saturated rings. The predicted octanol–water partition coefficient (Wildman–Crippen LogP) is 7.10. The Morgan fingerprint density at radius 2 is 1.04 bits per heavy atom. The summed E-state index contributed by atoms with van der Waals surface area (Å²) in [5.41, 5.74) is 5.31. The van der Waals surface area contributed by atoms with Crippen molar-refractivity contribution in [3.63, 3.8) is 0 Å². The zero-order valence-corrected chi connectivity index (χ0v) is 37.9. The van der Waals surface area contributed by atoms with Crippen molar-refractivity contribution in [2.24, 2.45) is 5.84 Å². The average Bonchev–Trinajstić information content (AvgIpc) is 4.00. The molecule has 8 rings (SSSR count). The SMILES string of the molecule is Cc1cc(-c2ncn(/C=C\C(=O)NN3CCN(Cc4ccccc4)CC3)n2)cc(C(F)(F)F)c1.Cc1cc(-c2ncn(/C=C\C(=O)O)n2)cc(C(F)(F)F)c1.NN1CCN(Cc2ccccc2)CC1. The van der Waals surface area contributed by atoms with Crippen molar-refractivity contribution < 1.29 is 41.0 Å². The Morgan fingerprint density at radius 3 is 1.46 bits per heavy atom. The van der Waals surface area contributed by atoms with Gasteiger partial charge >= 0.3 is 18.3 Å². The highest BCUT2D eigenvalue weighted by Crippen LogP contribution is 2.34. The first-order valence-electron chi connectivity index (χ1n) is 21.7. The van der Waals surface area contributed by atoms with Crippen molar-refractivity contribution in [2.75, 3.05) is 52.4 Å². The number of hydrogen-bond donors (Lipinski definition) is 3. The van der Waals surface area contributed by atoms with Crippen molar-refractivity contribution >= 4 is 24.3 Å². The minimum absolute atomic E-state index is 0.0826. The molecule has 6 aromatic rings. The molecular formula is C48H52F6N12O3. The fourth-order valence-electron chi connectivity index (χ4n) is 7.21. The molecule has 21 heteroatoms. The van der Waals surface area contributed by atoms with Gasteiger partial charge in [-0.1, -0.05) is 60.7 Å². The van der Waals surface area contributed by atoms with E-state index >= 15 is 0 Å². The van der Waals surface area contributed by atoms with E-state index in [4.69, 9.17) is 10.9 Å². The van der Waals surface area contributed by atoms with Gasteiger partial charge in [-0.3, -0.25) is 25.9 Å². The number of aromatic nitrogens is 6. The van der Waals surface area contributed by atoms with Gasteiger partial charge in [0.1, 0.15) is 12.7 Å². The maximum atomic E-state index is 13.1. The monoisotopic (exact) mass is 958 g/mol. The average molecular weight is 959 g/mol. The van der Waals surface area contributed by atoms with E-state index in [1.807, 2.05) is 28.2 Å². The summed E-state index contributed by atoms with van der Waals surface area (Å²) in [4.78, 5) is 35.4. The Morgan fingerprint density at radius 1 is 0.623 bits per heavy atom. The highest BCUT2D eigenvalue weighted by atomic mass is 19.4. The number of hydrogen-bond acceptors (Lipinski definition) is 11. The summed E-state index contributed by atoms with van der Waals surface area (Å²) in [5.74, 6) is 4.45. The quantitative estimate of drug-likeness (QED) is 0.0687. The summed E-state index contributed by atoms with van der Waals surface area (Å²) >= 11 is 0. The molecule has 0 unspecified atom stereocenters. The number of benzene rings is 4. The molecule has 4 heterocycles. The highest BCUT2D eigenvalue weighted by Gasteiger charge is 2.32. The number of carboxylic acid groups (broad SMARTS) is 1. The zero-order valence-electron chi connectivity index (χ0n) is 37.9. The molecule has 15 nitrogen and oxygen atoms in total. The normalized spacial score (nSPS) is 15.4. The third-order valence-corrected chi connectivity index (χ3v) is 10.6. The number of piperazine rings is 2. The fourth-order valence-corrected chi connectivity index (χ4v) is 7.21. The molecule has 2 aliphatic rings. The Balaban J connectivity index is 0.000000189. The van der Waals surface area contributed by atoms with E-state index in [-0.39, 0.29) is 28.7 Å². The van der Waals surface area contributed by atoms with Crippen LogP contribution in [0, 0.1) is 13.8 Å². The van der Waals surface area contributed by atoms with Gasteiger partial charge in [0.15, 0.2) is 11.6 Å². The Bertz CT molecular complexity index is 2660. The molecule has 0 radical (unpaired) electrons. The molecule has 1 amide bonds. The summed E-state index contributed by atoms with van der Waals surface area (Å²) in [6, 6.07) is 28.0. The van der Waals surface area contributed by atoms with Crippen LogP contribution in [0.4, 0.5) is 26.3 Å². The molecule has 4 aromatic carbocycles. The first kappa shape index (κ1) is 51.4. The minimum Gasteiger partial charge on any atom is -0.478 e. The van der Waals surface area contributed by atoms with Gasteiger partial charge in [-0.25, -0.2) is 34.1 Å². The van der Waals surface area contributed by atoms with Crippen LogP contribution in [0.2, 0.25) is 0 Å². The lowest BCUT2D eigenvalue weighted by Gasteiger charge is -2.34. The van der Waals surface area contributed by atoms with Crippen LogP contribution in [0.15, 0.2) is 122 Å². The number of nitrogens with one attached hydrogen (secondary N) is 1. The standard InChI is InChI=1S/C24H25F3N6O.C13H10F3N3O2.C11H17N3/c1-18-13-20(15-21(14-18)24(25,26)27)23-28-17-33(30-23)8-7-22(34)29-32-11-9-31(10-12-32)16-19-5-3-2-4-6-19;1-8-4-9(6-10(5-8)13(14,15)16)12-17-7-19(18-12)3-2-11(20)21;12-14-8-6-13(7-9-14)10-11-4-2-1-3-5-11/h2-8,13-15,17H,9-12,16H2,1H3,(H,29,34);2-7H,1H3,(H,20,21);1-5H,6-10,12H2/b8-7-;3-2-;. The second-order valence-electron chi connectivity index (χ2n) is 16.3. The Hall–Kier alpha value is -7.04. The molecule has 0 bridgehead atoms. The van der Waals surface area contributed by atoms with E-state index in [0.717, 1.165) is 93.6 Å². The van der Waals surface area contributed by atoms with Crippen molar-refractivity contribution in [2.45, 2.75) is 39.3 Å². The first-order valence-corrected chi connectivity index (χ1v) is 21.7. The van der Waals surface area contributed by atoms with Crippen LogP contribution in [0.5, 0.6) is 0 Å².